The number of ether oxygens (including phenoxy) is 1. The molecule has 0 spiro atoms. The van der Waals surface area contributed by atoms with E-state index in [2.05, 4.69) is 10.3 Å². The van der Waals surface area contributed by atoms with E-state index in [0.29, 0.717) is 31.7 Å². The number of nitrogens with one attached hydrogen (secondary N) is 1. The van der Waals surface area contributed by atoms with Gasteiger partial charge in [0.15, 0.2) is 0 Å². The molecule has 1 aromatic carbocycles. The monoisotopic (exact) mass is 397 g/mol. The third kappa shape index (κ3) is 5.10. The molecular weight excluding hydrogens is 374 g/mol. The maximum Gasteiger partial charge on any atom is 0.335 e. The van der Waals surface area contributed by atoms with Crippen molar-refractivity contribution in [3.8, 4) is 5.75 Å². The molecule has 0 atom stereocenters. The van der Waals surface area contributed by atoms with Gasteiger partial charge in [-0.05, 0) is 31.0 Å². The van der Waals surface area contributed by atoms with Crippen LogP contribution in [-0.4, -0.2) is 59.0 Å². The van der Waals surface area contributed by atoms with E-state index >= 15 is 0 Å². The zero-order valence-corrected chi connectivity index (χ0v) is 16.1. The average Bonchev–Trinajstić information content (AvgIpc) is 2.74. The predicted molar refractivity (Wildman–Crippen MR) is 105 cm³/mol. The number of carbonyl (C=O) groups is 3. The number of hydrogen-bond donors (Lipinski definition) is 2. The molecule has 8 nitrogen and oxygen atoms in total. The Hall–Kier alpha value is -3.42. The number of hydrogen-bond acceptors (Lipinski definition) is 5. The number of benzene rings is 1. The molecule has 3 rings (SSSR count). The molecule has 1 aliphatic heterocycles. The van der Waals surface area contributed by atoms with E-state index in [1.807, 2.05) is 24.3 Å². The quantitative estimate of drug-likeness (QED) is 0.769. The summed E-state index contributed by atoms with van der Waals surface area (Å²) in [5, 5.41) is 11.9. The second kappa shape index (κ2) is 9.18. The zero-order chi connectivity index (χ0) is 20.8. The molecule has 0 bridgehead atoms. The molecule has 8 heteroatoms. The lowest BCUT2D eigenvalue weighted by molar-refractivity contribution is -0.131. The van der Waals surface area contributed by atoms with E-state index in [4.69, 9.17) is 9.84 Å². The largest absolute Gasteiger partial charge is 0.496 e. The highest BCUT2D eigenvalue weighted by Crippen LogP contribution is 2.20. The smallest absolute Gasteiger partial charge is 0.335 e. The second-order valence-electron chi connectivity index (χ2n) is 6.85. The minimum absolute atomic E-state index is 0.0157. The van der Waals surface area contributed by atoms with Crippen molar-refractivity contribution in [2.75, 3.05) is 20.2 Å². The molecule has 2 heterocycles. The fraction of sp³-hybridized carbons (Fsp3) is 0.333. The lowest BCUT2D eigenvalue weighted by atomic mass is 10.0. The highest BCUT2D eigenvalue weighted by atomic mass is 16.5. The molecule has 1 aliphatic rings. The molecule has 0 radical (unpaired) electrons. The highest BCUT2D eigenvalue weighted by molar-refractivity contribution is 5.95. The van der Waals surface area contributed by atoms with Gasteiger partial charge in [0.2, 0.25) is 5.91 Å². The SMILES string of the molecule is COc1ccccc1CC(=O)N1CCC(NC(=O)c2cc(C(=O)O)ccn2)CC1. The highest BCUT2D eigenvalue weighted by Gasteiger charge is 2.25. The number of methoxy groups -OCH3 is 1. The van der Waals surface area contributed by atoms with Crippen molar-refractivity contribution in [3.63, 3.8) is 0 Å². The summed E-state index contributed by atoms with van der Waals surface area (Å²) in [7, 11) is 1.58. The van der Waals surface area contributed by atoms with Crippen LogP contribution in [0.15, 0.2) is 42.6 Å². The van der Waals surface area contributed by atoms with Crippen LogP contribution in [0, 0.1) is 0 Å². The van der Waals surface area contributed by atoms with Crippen LogP contribution in [0.5, 0.6) is 5.75 Å². The number of aromatic nitrogens is 1. The van der Waals surface area contributed by atoms with Gasteiger partial charge in [-0.1, -0.05) is 18.2 Å². The Morgan fingerprint density at radius 1 is 1.21 bits per heavy atom. The summed E-state index contributed by atoms with van der Waals surface area (Å²) in [6.07, 6.45) is 2.83. The van der Waals surface area contributed by atoms with Crippen molar-refractivity contribution in [2.45, 2.75) is 25.3 Å². The molecule has 152 valence electrons. The van der Waals surface area contributed by atoms with Gasteiger partial charge in [-0.15, -0.1) is 0 Å². The van der Waals surface area contributed by atoms with Crippen LogP contribution in [0.25, 0.3) is 0 Å². The van der Waals surface area contributed by atoms with E-state index < -0.39 is 11.9 Å². The molecule has 2 N–H and O–H groups in total. The summed E-state index contributed by atoms with van der Waals surface area (Å²) in [6, 6.07) is 9.95. The number of pyridine rings is 1. The van der Waals surface area contributed by atoms with Crippen LogP contribution in [0.4, 0.5) is 0 Å². The van der Waals surface area contributed by atoms with E-state index in [1.54, 1.807) is 12.0 Å². The van der Waals surface area contributed by atoms with Crippen molar-refractivity contribution in [1.29, 1.82) is 0 Å². The Labute approximate surface area is 168 Å². The first-order valence-corrected chi connectivity index (χ1v) is 9.38. The molecule has 29 heavy (non-hydrogen) atoms. The van der Waals surface area contributed by atoms with Gasteiger partial charge in [-0.2, -0.15) is 0 Å². The van der Waals surface area contributed by atoms with Crippen molar-refractivity contribution in [3.05, 3.63) is 59.4 Å². The Morgan fingerprint density at radius 3 is 2.62 bits per heavy atom. The Morgan fingerprint density at radius 2 is 1.93 bits per heavy atom. The summed E-state index contributed by atoms with van der Waals surface area (Å²) >= 11 is 0. The van der Waals surface area contributed by atoms with Gasteiger partial charge in [0.05, 0.1) is 19.1 Å². The minimum atomic E-state index is -1.11. The van der Waals surface area contributed by atoms with Gasteiger partial charge in [-0.25, -0.2) is 4.79 Å². The molecule has 2 aromatic rings. The summed E-state index contributed by atoms with van der Waals surface area (Å²) < 4.78 is 5.30. The number of aromatic carboxylic acids is 1. The maximum absolute atomic E-state index is 12.6. The molecular formula is C21H23N3O5. The third-order valence-electron chi connectivity index (χ3n) is 4.96. The third-order valence-corrected chi connectivity index (χ3v) is 4.96. The Bertz CT molecular complexity index is 907. The van der Waals surface area contributed by atoms with Crippen molar-refractivity contribution >= 4 is 17.8 Å². The van der Waals surface area contributed by atoms with Gasteiger partial charge < -0.3 is 20.1 Å². The number of para-hydroxylation sites is 1. The number of nitrogens with zero attached hydrogens (tertiary/aromatic N) is 2. The second-order valence-corrected chi connectivity index (χ2v) is 6.85. The van der Waals surface area contributed by atoms with E-state index in [9.17, 15) is 14.4 Å². The number of carbonyl (C=O) groups excluding carboxylic acids is 2. The van der Waals surface area contributed by atoms with Crippen LogP contribution in [0.3, 0.4) is 0 Å². The standard InChI is InChI=1S/C21H23N3O5/c1-29-18-5-3-2-4-14(18)13-19(25)24-10-7-16(8-11-24)23-20(26)17-12-15(21(27)28)6-9-22-17/h2-6,9,12,16H,7-8,10-11,13H2,1H3,(H,23,26)(H,27,28). The molecule has 0 saturated carbocycles. The molecule has 0 aliphatic carbocycles. The lowest BCUT2D eigenvalue weighted by Crippen LogP contribution is -2.47. The van der Waals surface area contributed by atoms with Crippen LogP contribution in [0.1, 0.15) is 39.3 Å². The first kappa shape index (κ1) is 20.3. The molecule has 0 unspecified atom stereocenters. The number of rotatable bonds is 6. The summed E-state index contributed by atoms with van der Waals surface area (Å²) in [5.74, 6) is -0.801. The van der Waals surface area contributed by atoms with Crippen LogP contribution < -0.4 is 10.1 Å². The van der Waals surface area contributed by atoms with Crippen molar-refractivity contribution < 1.29 is 24.2 Å². The van der Waals surface area contributed by atoms with E-state index in [-0.39, 0.29) is 29.6 Å². The van der Waals surface area contributed by atoms with Gasteiger partial charge in [0, 0.05) is 30.9 Å². The first-order chi connectivity index (χ1) is 14.0. The van der Waals surface area contributed by atoms with E-state index in [0.717, 1.165) is 5.56 Å². The number of carboxylic acid groups (broad SMARTS) is 1. The van der Waals surface area contributed by atoms with Crippen LogP contribution in [0.2, 0.25) is 0 Å². The zero-order valence-electron chi connectivity index (χ0n) is 16.1. The topological polar surface area (TPSA) is 109 Å². The molecule has 1 saturated heterocycles. The lowest BCUT2D eigenvalue weighted by Gasteiger charge is -2.32. The molecule has 2 amide bonds. The Kier molecular flexibility index (Phi) is 6.43. The predicted octanol–water partition coefficient (Wildman–Crippen LogP) is 1.75. The fourth-order valence-corrected chi connectivity index (χ4v) is 3.34. The van der Waals surface area contributed by atoms with Gasteiger partial charge in [0.1, 0.15) is 11.4 Å². The summed E-state index contributed by atoms with van der Waals surface area (Å²) in [5.41, 5.74) is 0.932. The summed E-state index contributed by atoms with van der Waals surface area (Å²) in [6.45, 7) is 1.09. The van der Waals surface area contributed by atoms with Gasteiger partial charge in [-0.3, -0.25) is 14.6 Å². The number of amides is 2. The van der Waals surface area contributed by atoms with Crippen LogP contribution >= 0.6 is 0 Å². The van der Waals surface area contributed by atoms with Crippen LogP contribution in [-0.2, 0) is 11.2 Å². The van der Waals surface area contributed by atoms with Crippen molar-refractivity contribution in [1.82, 2.24) is 15.2 Å². The molecule has 1 aromatic heterocycles. The Balaban J connectivity index is 1.52. The fourth-order valence-electron chi connectivity index (χ4n) is 3.34. The minimum Gasteiger partial charge on any atom is -0.496 e. The average molecular weight is 397 g/mol. The van der Waals surface area contributed by atoms with Crippen molar-refractivity contribution in [2.24, 2.45) is 0 Å². The first-order valence-electron chi connectivity index (χ1n) is 9.38. The number of carboxylic acids is 1. The van der Waals surface area contributed by atoms with E-state index in [1.165, 1.54) is 18.3 Å². The molecule has 1 fully saturated rings. The summed E-state index contributed by atoms with van der Waals surface area (Å²) in [4.78, 5) is 41.7. The van der Waals surface area contributed by atoms with Gasteiger partial charge in [0.25, 0.3) is 5.91 Å². The maximum atomic E-state index is 12.6. The van der Waals surface area contributed by atoms with Gasteiger partial charge >= 0.3 is 5.97 Å². The number of piperidine rings is 1. The normalized spacial score (nSPS) is 14.3. The number of likely N-dealkylation sites (tertiary alicyclic amines) is 1.